The average Bonchev–Trinajstić information content (AvgIpc) is 3.93. The smallest absolute Gasteiger partial charge is 0.198 e. The van der Waals surface area contributed by atoms with Crippen molar-refractivity contribution in [1.29, 1.82) is 0 Å². The number of furan rings is 1. The van der Waals surface area contributed by atoms with Crippen molar-refractivity contribution in [2.24, 2.45) is 0 Å². The monoisotopic (exact) mass is 718 g/mol. The van der Waals surface area contributed by atoms with Gasteiger partial charge in [0.15, 0.2) is 12.9 Å². The summed E-state index contributed by atoms with van der Waals surface area (Å²) in [7, 11) is 0.765. The van der Waals surface area contributed by atoms with Crippen molar-refractivity contribution < 1.29 is 4.42 Å². The number of anilines is 3. The average molecular weight is 719 g/mol. The summed E-state index contributed by atoms with van der Waals surface area (Å²) in [6.45, 7) is 0. The maximum atomic E-state index is 6.92. The van der Waals surface area contributed by atoms with E-state index < -0.39 is 0 Å². The molecule has 0 aliphatic carbocycles. The van der Waals surface area contributed by atoms with Crippen LogP contribution in [-0.4, -0.2) is 12.3 Å². The molecule has 1 aliphatic rings. The normalized spacial score (nSPS) is 12.5. The first-order valence-corrected chi connectivity index (χ1v) is 19.6. The fourth-order valence-corrected chi connectivity index (χ4v) is 10.1. The molecule has 256 valence electrons. The lowest BCUT2D eigenvalue weighted by Crippen LogP contribution is -2.41. The number of nitrogens with zero attached hydrogens (tertiary/aromatic N) is 1. The van der Waals surface area contributed by atoms with Crippen molar-refractivity contribution in [2.45, 2.75) is 0 Å². The van der Waals surface area contributed by atoms with Gasteiger partial charge in [0.05, 0.1) is 21.4 Å². The van der Waals surface area contributed by atoms with Crippen LogP contribution in [0.3, 0.4) is 0 Å². The van der Waals surface area contributed by atoms with Crippen LogP contribution in [0.2, 0.25) is 0 Å². The second-order valence-electron chi connectivity index (χ2n) is 14.5. The van der Waals surface area contributed by atoms with Gasteiger partial charge in [-0.2, -0.15) is 0 Å². The van der Waals surface area contributed by atoms with Crippen LogP contribution >= 0.6 is 11.3 Å². The fourth-order valence-electron chi connectivity index (χ4n) is 8.89. The van der Waals surface area contributed by atoms with Crippen molar-refractivity contribution >= 4 is 99.7 Å². The number of thiophene rings is 1. The van der Waals surface area contributed by atoms with Crippen LogP contribution in [-0.2, 0) is 0 Å². The van der Waals surface area contributed by atoms with Gasteiger partial charge in [0, 0.05) is 43.2 Å². The topological polar surface area (TPSA) is 32.2 Å². The first-order chi connectivity index (χ1) is 27.3. The third-order valence-electron chi connectivity index (χ3n) is 11.4. The van der Waals surface area contributed by atoms with Crippen LogP contribution in [0.25, 0.3) is 86.5 Å². The van der Waals surface area contributed by atoms with Gasteiger partial charge < -0.3 is 14.3 Å². The molecule has 0 fully saturated rings. The zero-order valence-electron chi connectivity index (χ0n) is 29.7. The Balaban J connectivity index is 1.16. The van der Waals surface area contributed by atoms with Crippen LogP contribution in [0.15, 0.2) is 180 Å². The Morgan fingerprint density at radius 3 is 2.00 bits per heavy atom. The maximum Gasteiger partial charge on any atom is 0.198 e. The first kappa shape index (κ1) is 30.6. The molecule has 1 N–H and O–H groups in total. The number of H-pyrrole nitrogens is 1. The van der Waals surface area contributed by atoms with Gasteiger partial charge in [-0.3, -0.25) is 0 Å². The molecule has 0 unspecified atom stereocenters. The van der Waals surface area contributed by atoms with E-state index in [1.165, 1.54) is 81.2 Å². The zero-order valence-corrected chi connectivity index (χ0v) is 30.5. The van der Waals surface area contributed by atoms with E-state index >= 15 is 0 Å². The van der Waals surface area contributed by atoms with E-state index in [0.717, 1.165) is 40.6 Å². The Bertz CT molecular complexity index is 3290. The third-order valence-corrected chi connectivity index (χ3v) is 12.6. The van der Waals surface area contributed by atoms with Crippen molar-refractivity contribution in [3.05, 3.63) is 176 Å². The number of fused-ring (bicyclic) bond motifs is 11. The fraction of sp³-hybridized carbons (Fsp3) is 0. The summed E-state index contributed by atoms with van der Waals surface area (Å²) in [5.41, 5.74) is 17.3. The van der Waals surface area contributed by atoms with Crippen LogP contribution in [0.5, 0.6) is 0 Å². The summed E-state index contributed by atoms with van der Waals surface area (Å²) in [4.78, 5) is 6.39. The summed E-state index contributed by atoms with van der Waals surface area (Å²) in [5, 5.41) is 4.78. The molecule has 0 saturated heterocycles. The quantitative estimate of drug-likeness (QED) is 0.184. The highest BCUT2D eigenvalue weighted by Gasteiger charge is 2.32. The van der Waals surface area contributed by atoms with E-state index in [4.69, 9.17) is 4.42 Å². The zero-order chi connectivity index (χ0) is 36.0. The van der Waals surface area contributed by atoms with E-state index in [1.807, 2.05) is 11.3 Å². The lowest BCUT2D eigenvalue weighted by atomic mass is 9.57. The summed E-state index contributed by atoms with van der Waals surface area (Å²) in [6.07, 6.45) is 0. The van der Waals surface area contributed by atoms with Crippen LogP contribution in [0, 0.1) is 0 Å². The molecule has 0 saturated carbocycles. The van der Waals surface area contributed by atoms with Crippen molar-refractivity contribution in [2.75, 3.05) is 4.90 Å². The number of rotatable bonds is 4. The second-order valence-corrected chi connectivity index (χ2v) is 15.6. The molecule has 0 amide bonds. The Morgan fingerprint density at radius 1 is 0.509 bits per heavy atom. The minimum Gasteiger partial charge on any atom is -0.454 e. The lowest BCUT2D eigenvalue weighted by Gasteiger charge is -2.35. The molecule has 3 aromatic heterocycles. The summed E-state index contributed by atoms with van der Waals surface area (Å²) >= 11 is 1.87. The van der Waals surface area contributed by atoms with Gasteiger partial charge in [-0.15, -0.1) is 11.3 Å². The van der Waals surface area contributed by atoms with Gasteiger partial charge in [0.1, 0.15) is 5.58 Å². The Morgan fingerprint density at radius 2 is 1.18 bits per heavy atom. The molecule has 8 aromatic carbocycles. The highest BCUT2D eigenvalue weighted by molar-refractivity contribution is 7.26. The molecule has 0 radical (unpaired) electrons. The first-order valence-electron chi connectivity index (χ1n) is 18.8. The molecule has 0 bridgehead atoms. The number of aromatic nitrogens is 1. The number of nitrogens with one attached hydrogen (secondary N) is 1. The lowest BCUT2D eigenvalue weighted by molar-refractivity contribution is 0.669. The number of hydrogen-bond acceptors (Lipinski definition) is 3. The summed E-state index contributed by atoms with van der Waals surface area (Å²) in [5.74, 6) is 0. The molecule has 3 nitrogen and oxygen atoms in total. The van der Waals surface area contributed by atoms with Crippen molar-refractivity contribution in [3.63, 3.8) is 0 Å². The minimum atomic E-state index is 0.765. The molecule has 5 heteroatoms. The van der Waals surface area contributed by atoms with Crippen molar-refractivity contribution in [3.8, 4) is 33.4 Å². The number of hydrogen-bond donors (Lipinski definition) is 1. The molecule has 1 aliphatic heterocycles. The van der Waals surface area contributed by atoms with Gasteiger partial charge in [-0.05, 0) is 69.7 Å². The van der Waals surface area contributed by atoms with Gasteiger partial charge in [0.2, 0.25) is 0 Å². The third kappa shape index (κ3) is 4.63. The molecule has 0 atom stereocenters. The second kappa shape index (κ2) is 11.8. The van der Waals surface area contributed by atoms with Crippen LogP contribution in [0.4, 0.5) is 17.1 Å². The molecule has 0 spiro atoms. The summed E-state index contributed by atoms with van der Waals surface area (Å²) in [6, 6.07) is 63.7. The number of para-hydroxylation sites is 2. The Hall–Kier alpha value is -6.82. The summed E-state index contributed by atoms with van der Waals surface area (Å²) < 4.78 is 9.53. The number of benzene rings is 8. The minimum absolute atomic E-state index is 0.765. The van der Waals surface area contributed by atoms with Gasteiger partial charge in [-0.25, -0.2) is 0 Å². The van der Waals surface area contributed by atoms with E-state index in [2.05, 4.69) is 186 Å². The SMILES string of the molecule is B1c2cc(-c3ccccc3)ccc2N(c2ccc(-c3ccccc3)cc2)c2c1c(-c1cccc3c1[nH]c1c4ccccc4sc31)cc1c2oc2ccccc21. The molecular formula is C50H31BN2OS. The van der Waals surface area contributed by atoms with E-state index in [1.54, 1.807) is 0 Å². The van der Waals surface area contributed by atoms with E-state index in [0.29, 0.717) is 0 Å². The standard InChI is InChI=1S/C50H31BN2OS/c1-3-12-30(13-4-1)32-22-25-34(26-23-32)53-42-27-24-33(31-14-5-2-6-15-31)28-41(42)51-45-39(29-40-35-16-7-9-20-43(35)54-49(40)48(45)53)36-18-11-19-38-46(36)52-47-37-17-8-10-21-44(37)55-50(38)47/h1-29,51-52H. The Labute approximate surface area is 322 Å². The van der Waals surface area contributed by atoms with Gasteiger partial charge in [-0.1, -0.05) is 145 Å². The van der Waals surface area contributed by atoms with E-state index in [9.17, 15) is 0 Å². The predicted octanol–water partition coefficient (Wildman–Crippen LogP) is 12.6. The molecule has 12 rings (SSSR count). The van der Waals surface area contributed by atoms with Crippen LogP contribution in [0.1, 0.15) is 0 Å². The van der Waals surface area contributed by atoms with Crippen LogP contribution < -0.4 is 15.8 Å². The highest BCUT2D eigenvalue weighted by atomic mass is 32.1. The number of aromatic amines is 1. The molecule has 11 aromatic rings. The van der Waals surface area contributed by atoms with Gasteiger partial charge >= 0.3 is 0 Å². The van der Waals surface area contributed by atoms with Crippen molar-refractivity contribution in [1.82, 2.24) is 4.98 Å². The van der Waals surface area contributed by atoms with Gasteiger partial charge in [0.25, 0.3) is 0 Å². The molecule has 55 heavy (non-hydrogen) atoms. The predicted molar refractivity (Wildman–Crippen MR) is 236 cm³/mol. The Kier molecular flexibility index (Phi) is 6.60. The maximum absolute atomic E-state index is 6.92. The highest BCUT2D eigenvalue weighted by Crippen LogP contribution is 2.47. The largest absolute Gasteiger partial charge is 0.454 e. The molecule has 4 heterocycles. The molecular weight excluding hydrogens is 687 g/mol. The van der Waals surface area contributed by atoms with E-state index in [-0.39, 0.29) is 0 Å².